The van der Waals surface area contributed by atoms with Crippen molar-refractivity contribution in [2.24, 2.45) is 5.92 Å². The summed E-state index contributed by atoms with van der Waals surface area (Å²) in [4.78, 5) is 24.1. The van der Waals surface area contributed by atoms with Crippen molar-refractivity contribution in [3.63, 3.8) is 0 Å². The third kappa shape index (κ3) is 5.06. The lowest BCUT2D eigenvalue weighted by molar-refractivity contribution is 0.0593. The Bertz CT molecular complexity index is 770. The predicted octanol–water partition coefficient (Wildman–Crippen LogP) is 4.49. The van der Waals surface area contributed by atoms with Crippen LogP contribution in [0, 0.1) is 5.92 Å². The topological polar surface area (TPSA) is 61.8 Å². The average molecular weight is 407 g/mol. The monoisotopic (exact) mass is 406 g/mol. The first-order chi connectivity index (χ1) is 11.9. The minimum Gasteiger partial charge on any atom is -0.492 e. The number of benzene rings is 2. The van der Waals surface area contributed by atoms with Crippen LogP contribution in [0.15, 0.2) is 46.9 Å². The first kappa shape index (κ1) is 19.0. The first-order valence-electron chi connectivity index (χ1n) is 7.74. The molecule has 132 valence electrons. The molecule has 0 bridgehead atoms. The Morgan fingerprint density at radius 3 is 2.40 bits per heavy atom. The van der Waals surface area contributed by atoms with Crippen LogP contribution in [-0.2, 0) is 4.74 Å². The van der Waals surface area contributed by atoms with E-state index < -0.39 is 11.9 Å². The van der Waals surface area contributed by atoms with Gasteiger partial charge < -0.3 is 14.2 Å². The number of rotatable bonds is 6. The van der Waals surface area contributed by atoms with Crippen LogP contribution in [0.25, 0.3) is 0 Å². The van der Waals surface area contributed by atoms with Crippen molar-refractivity contribution >= 4 is 27.9 Å². The second kappa shape index (κ2) is 8.67. The molecule has 25 heavy (non-hydrogen) atoms. The quantitative estimate of drug-likeness (QED) is 0.522. The molecule has 0 unspecified atom stereocenters. The van der Waals surface area contributed by atoms with Gasteiger partial charge in [0.1, 0.15) is 17.1 Å². The average Bonchev–Trinajstić information content (AvgIpc) is 2.60. The summed E-state index contributed by atoms with van der Waals surface area (Å²) < 4.78 is 16.3. The zero-order chi connectivity index (χ0) is 18.4. The molecule has 0 amide bonds. The highest BCUT2D eigenvalue weighted by molar-refractivity contribution is 9.10. The summed E-state index contributed by atoms with van der Waals surface area (Å²) >= 11 is 3.39. The number of ether oxygens (including phenoxy) is 3. The van der Waals surface area contributed by atoms with E-state index in [0.29, 0.717) is 28.3 Å². The Hall–Kier alpha value is -2.34. The van der Waals surface area contributed by atoms with Gasteiger partial charge in [0.25, 0.3) is 0 Å². The lowest BCUT2D eigenvalue weighted by Crippen LogP contribution is -2.12. The van der Waals surface area contributed by atoms with E-state index in [4.69, 9.17) is 14.2 Å². The molecule has 0 fully saturated rings. The molecule has 2 aromatic rings. The second-order valence-electron chi connectivity index (χ2n) is 5.73. The van der Waals surface area contributed by atoms with Gasteiger partial charge in [0, 0.05) is 0 Å². The van der Waals surface area contributed by atoms with Gasteiger partial charge in [0.05, 0.1) is 23.8 Å². The third-order valence-electron chi connectivity index (χ3n) is 3.23. The van der Waals surface area contributed by atoms with Gasteiger partial charge in [0.15, 0.2) is 0 Å². The van der Waals surface area contributed by atoms with E-state index in [1.165, 1.54) is 13.2 Å². The fourth-order valence-corrected chi connectivity index (χ4v) is 2.49. The molecule has 2 rings (SSSR count). The number of esters is 2. The maximum atomic E-state index is 12.4. The highest BCUT2D eigenvalue weighted by atomic mass is 79.9. The van der Waals surface area contributed by atoms with E-state index in [1.54, 1.807) is 36.4 Å². The Labute approximate surface area is 155 Å². The van der Waals surface area contributed by atoms with Crippen molar-refractivity contribution in [3.05, 3.63) is 58.1 Å². The summed E-state index contributed by atoms with van der Waals surface area (Å²) in [5.74, 6) is 0.0525. The smallest absolute Gasteiger partial charge is 0.343 e. The standard InChI is InChI=1S/C19H19BrO5/c1-12(2)11-24-17-9-8-13(10-15(17)20)18(21)25-16-7-5-4-6-14(16)19(22)23-3/h4-10,12H,11H2,1-3H3. The molecule has 5 nitrogen and oxygen atoms in total. The Balaban J connectivity index is 2.17. The van der Waals surface area contributed by atoms with Crippen LogP contribution in [0.3, 0.4) is 0 Å². The van der Waals surface area contributed by atoms with Crippen LogP contribution in [0.1, 0.15) is 34.6 Å². The molecule has 0 N–H and O–H groups in total. The van der Waals surface area contributed by atoms with Crippen molar-refractivity contribution in [1.29, 1.82) is 0 Å². The van der Waals surface area contributed by atoms with Gasteiger partial charge >= 0.3 is 11.9 Å². The third-order valence-corrected chi connectivity index (χ3v) is 3.85. The molecule has 0 aliphatic rings. The number of methoxy groups -OCH3 is 1. The summed E-state index contributed by atoms with van der Waals surface area (Å²) in [7, 11) is 1.27. The Morgan fingerprint density at radius 1 is 1.04 bits per heavy atom. The SMILES string of the molecule is COC(=O)c1ccccc1OC(=O)c1ccc(OCC(C)C)c(Br)c1. The van der Waals surface area contributed by atoms with Gasteiger partial charge in [-0.05, 0) is 52.2 Å². The lowest BCUT2D eigenvalue weighted by atomic mass is 10.2. The van der Waals surface area contributed by atoms with Gasteiger partial charge in [-0.15, -0.1) is 0 Å². The summed E-state index contributed by atoms with van der Waals surface area (Å²) in [6.45, 7) is 4.69. The van der Waals surface area contributed by atoms with Crippen molar-refractivity contribution in [2.75, 3.05) is 13.7 Å². The van der Waals surface area contributed by atoms with Gasteiger partial charge in [-0.3, -0.25) is 0 Å². The van der Waals surface area contributed by atoms with Crippen LogP contribution in [0.2, 0.25) is 0 Å². The molecular weight excluding hydrogens is 388 g/mol. The molecule has 0 saturated heterocycles. The summed E-state index contributed by atoms with van der Waals surface area (Å²) in [6, 6.07) is 11.4. The zero-order valence-corrected chi connectivity index (χ0v) is 15.8. The Kier molecular flexibility index (Phi) is 6.58. The number of hydrogen-bond donors (Lipinski definition) is 0. The normalized spacial score (nSPS) is 10.4. The maximum Gasteiger partial charge on any atom is 0.343 e. The van der Waals surface area contributed by atoms with Crippen LogP contribution >= 0.6 is 15.9 Å². The summed E-state index contributed by atoms with van der Waals surface area (Å²) in [6.07, 6.45) is 0. The van der Waals surface area contributed by atoms with Gasteiger partial charge in [-0.1, -0.05) is 26.0 Å². The van der Waals surface area contributed by atoms with Crippen LogP contribution in [0.4, 0.5) is 0 Å². The van der Waals surface area contributed by atoms with Crippen molar-refractivity contribution in [3.8, 4) is 11.5 Å². The molecule has 0 radical (unpaired) electrons. The van der Waals surface area contributed by atoms with E-state index >= 15 is 0 Å². The van der Waals surface area contributed by atoms with Crippen molar-refractivity contribution < 1.29 is 23.8 Å². The predicted molar refractivity (Wildman–Crippen MR) is 97.2 cm³/mol. The molecule has 2 aromatic carbocycles. The van der Waals surface area contributed by atoms with E-state index in [9.17, 15) is 9.59 Å². The lowest BCUT2D eigenvalue weighted by Gasteiger charge is -2.12. The number of hydrogen-bond acceptors (Lipinski definition) is 5. The maximum absolute atomic E-state index is 12.4. The van der Waals surface area contributed by atoms with Gasteiger partial charge in [0.2, 0.25) is 0 Å². The van der Waals surface area contributed by atoms with Crippen LogP contribution in [-0.4, -0.2) is 25.7 Å². The van der Waals surface area contributed by atoms with Crippen LogP contribution in [0.5, 0.6) is 11.5 Å². The molecule has 0 saturated carbocycles. The largest absolute Gasteiger partial charge is 0.492 e. The molecular formula is C19H19BrO5. The minimum absolute atomic E-state index is 0.149. The van der Waals surface area contributed by atoms with E-state index in [-0.39, 0.29) is 11.3 Å². The number of carbonyl (C=O) groups excluding carboxylic acids is 2. The molecule has 6 heteroatoms. The van der Waals surface area contributed by atoms with E-state index in [0.717, 1.165) is 0 Å². The molecule has 0 aliphatic carbocycles. The Morgan fingerprint density at radius 2 is 1.76 bits per heavy atom. The van der Waals surface area contributed by atoms with Crippen LogP contribution < -0.4 is 9.47 Å². The first-order valence-corrected chi connectivity index (χ1v) is 8.53. The summed E-state index contributed by atoms with van der Waals surface area (Å²) in [5, 5.41) is 0. The highest BCUT2D eigenvalue weighted by Gasteiger charge is 2.17. The highest BCUT2D eigenvalue weighted by Crippen LogP contribution is 2.27. The fourth-order valence-electron chi connectivity index (χ4n) is 1.99. The fraction of sp³-hybridized carbons (Fsp3) is 0.263. The molecule has 0 aliphatic heterocycles. The second-order valence-corrected chi connectivity index (χ2v) is 6.58. The van der Waals surface area contributed by atoms with E-state index in [1.807, 2.05) is 0 Å². The van der Waals surface area contributed by atoms with E-state index in [2.05, 4.69) is 29.8 Å². The number of para-hydroxylation sites is 1. The summed E-state index contributed by atoms with van der Waals surface area (Å²) in [5.41, 5.74) is 0.526. The van der Waals surface area contributed by atoms with Gasteiger partial charge in [-0.25, -0.2) is 9.59 Å². The molecule has 0 atom stereocenters. The van der Waals surface area contributed by atoms with Crippen molar-refractivity contribution in [1.82, 2.24) is 0 Å². The number of halogens is 1. The van der Waals surface area contributed by atoms with Crippen molar-refractivity contribution in [2.45, 2.75) is 13.8 Å². The molecule has 0 heterocycles. The zero-order valence-electron chi connectivity index (χ0n) is 14.2. The molecule has 0 spiro atoms. The minimum atomic E-state index is -0.576. The molecule has 0 aromatic heterocycles. The number of carbonyl (C=O) groups is 2. The van der Waals surface area contributed by atoms with Gasteiger partial charge in [-0.2, -0.15) is 0 Å².